The fourth-order valence-corrected chi connectivity index (χ4v) is 2.82. The zero-order chi connectivity index (χ0) is 20.9. The topological polar surface area (TPSA) is 43.4 Å². The molecule has 0 N–H and O–H groups in total. The highest BCUT2D eigenvalue weighted by Gasteiger charge is 2.15. The minimum atomic E-state index is -0.410. The van der Waals surface area contributed by atoms with E-state index in [9.17, 15) is 9.59 Å². The number of ketones is 1. The molecule has 3 aromatic rings. The van der Waals surface area contributed by atoms with E-state index in [0.29, 0.717) is 16.9 Å². The smallest absolute Gasteiger partial charge is 0.343 e. The zero-order valence-corrected chi connectivity index (χ0v) is 16.9. The first kappa shape index (κ1) is 20.3. The Balaban J connectivity index is 1.69. The summed E-state index contributed by atoms with van der Waals surface area (Å²) in [7, 11) is 0. The minimum absolute atomic E-state index is 0.0281. The van der Waals surface area contributed by atoms with Crippen molar-refractivity contribution in [3.8, 4) is 5.75 Å². The monoisotopic (exact) mass is 384 g/mol. The molecule has 0 spiro atoms. The van der Waals surface area contributed by atoms with Gasteiger partial charge in [-0.15, -0.1) is 0 Å². The highest BCUT2D eigenvalue weighted by molar-refractivity contribution is 6.06. The van der Waals surface area contributed by atoms with Gasteiger partial charge in [0, 0.05) is 5.56 Å². The molecule has 3 aromatic carbocycles. The Kier molecular flexibility index (Phi) is 6.08. The molecule has 146 valence electrons. The van der Waals surface area contributed by atoms with Gasteiger partial charge in [-0.25, -0.2) is 4.79 Å². The van der Waals surface area contributed by atoms with E-state index in [0.717, 1.165) is 11.1 Å². The van der Waals surface area contributed by atoms with Gasteiger partial charge in [-0.3, -0.25) is 4.79 Å². The van der Waals surface area contributed by atoms with Crippen LogP contribution in [0.25, 0.3) is 6.08 Å². The Morgan fingerprint density at radius 1 is 0.793 bits per heavy atom. The van der Waals surface area contributed by atoms with Crippen molar-refractivity contribution in [2.45, 2.75) is 26.2 Å². The summed E-state index contributed by atoms with van der Waals surface area (Å²) in [5.74, 6) is -0.0527. The van der Waals surface area contributed by atoms with Crippen LogP contribution in [0, 0.1) is 0 Å². The number of benzene rings is 3. The summed E-state index contributed by atoms with van der Waals surface area (Å²) in [6, 6.07) is 23.6. The maximum Gasteiger partial charge on any atom is 0.343 e. The molecule has 0 amide bonds. The number of carbonyl (C=O) groups is 2. The summed E-state index contributed by atoms with van der Waals surface area (Å²) in [5, 5.41) is 0. The van der Waals surface area contributed by atoms with E-state index in [4.69, 9.17) is 4.74 Å². The summed E-state index contributed by atoms with van der Waals surface area (Å²) in [5.41, 5.74) is 3.09. The van der Waals surface area contributed by atoms with Gasteiger partial charge in [0.2, 0.25) is 0 Å². The molecule has 0 atom stereocenters. The van der Waals surface area contributed by atoms with Gasteiger partial charge in [0.15, 0.2) is 5.78 Å². The van der Waals surface area contributed by atoms with Gasteiger partial charge < -0.3 is 4.74 Å². The second kappa shape index (κ2) is 8.70. The third-order valence-corrected chi connectivity index (χ3v) is 4.54. The quantitative estimate of drug-likeness (QED) is 0.231. The van der Waals surface area contributed by atoms with Gasteiger partial charge in [0.1, 0.15) is 5.75 Å². The number of hydrogen-bond donors (Lipinski definition) is 0. The average Bonchev–Trinajstić information content (AvgIpc) is 2.72. The van der Waals surface area contributed by atoms with E-state index in [1.54, 1.807) is 48.5 Å². The van der Waals surface area contributed by atoms with E-state index in [-0.39, 0.29) is 11.2 Å². The van der Waals surface area contributed by atoms with Crippen molar-refractivity contribution in [2.24, 2.45) is 0 Å². The van der Waals surface area contributed by atoms with Gasteiger partial charge in [-0.05, 0) is 46.9 Å². The van der Waals surface area contributed by atoms with Crippen molar-refractivity contribution in [1.29, 1.82) is 0 Å². The fraction of sp³-hybridized carbons (Fsp3) is 0.154. The Morgan fingerprint density at radius 3 is 2.14 bits per heavy atom. The maximum atomic E-state index is 12.4. The highest BCUT2D eigenvalue weighted by atomic mass is 16.5. The Morgan fingerprint density at radius 2 is 1.48 bits per heavy atom. The molecule has 0 aliphatic rings. The number of carbonyl (C=O) groups excluding carboxylic acids is 2. The predicted octanol–water partition coefficient (Wildman–Crippen LogP) is 6.10. The van der Waals surface area contributed by atoms with Crippen molar-refractivity contribution in [1.82, 2.24) is 0 Å². The lowest BCUT2D eigenvalue weighted by Gasteiger charge is -2.18. The Hall–Kier alpha value is -3.46. The van der Waals surface area contributed by atoms with E-state index in [1.807, 2.05) is 36.4 Å². The van der Waals surface area contributed by atoms with Crippen LogP contribution in [0.4, 0.5) is 0 Å². The lowest BCUT2D eigenvalue weighted by Crippen LogP contribution is -2.12. The molecule has 0 saturated heterocycles. The molecule has 0 fully saturated rings. The SMILES string of the molecule is CC(C)(C)c1ccc(C(=O)Oc2cccc(/C=C/C(=O)c3ccccc3)c2)cc1. The van der Waals surface area contributed by atoms with E-state index < -0.39 is 5.97 Å². The van der Waals surface area contributed by atoms with E-state index >= 15 is 0 Å². The molecule has 3 heteroatoms. The van der Waals surface area contributed by atoms with Crippen molar-refractivity contribution in [3.63, 3.8) is 0 Å². The van der Waals surface area contributed by atoms with Gasteiger partial charge in [0.05, 0.1) is 5.56 Å². The molecule has 0 unspecified atom stereocenters. The van der Waals surface area contributed by atoms with Crippen LogP contribution in [0.1, 0.15) is 52.6 Å². The molecule has 0 bridgehead atoms. The first-order valence-electron chi connectivity index (χ1n) is 9.53. The lowest BCUT2D eigenvalue weighted by atomic mass is 9.87. The van der Waals surface area contributed by atoms with Gasteiger partial charge in [0.25, 0.3) is 0 Å². The number of ether oxygens (including phenoxy) is 1. The fourth-order valence-electron chi connectivity index (χ4n) is 2.82. The number of esters is 1. The molecule has 0 aliphatic carbocycles. The summed E-state index contributed by atoms with van der Waals surface area (Å²) in [6.45, 7) is 6.38. The molecule has 0 heterocycles. The number of hydrogen-bond acceptors (Lipinski definition) is 3. The average molecular weight is 384 g/mol. The van der Waals surface area contributed by atoms with E-state index in [1.165, 1.54) is 6.08 Å². The van der Waals surface area contributed by atoms with Gasteiger partial charge in [-0.2, -0.15) is 0 Å². The third-order valence-electron chi connectivity index (χ3n) is 4.54. The molecule has 0 aromatic heterocycles. The molecular formula is C26H24O3. The van der Waals surface area contributed by atoms with Crippen molar-refractivity contribution in [2.75, 3.05) is 0 Å². The summed E-state index contributed by atoms with van der Waals surface area (Å²) < 4.78 is 5.50. The van der Waals surface area contributed by atoms with Crippen LogP contribution in [0.3, 0.4) is 0 Å². The Bertz CT molecular complexity index is 1020. The van der Waals surface area contributed by atoms with Crippen LogP contribution in [0.15, 0.2) is 84.9 Å². The lowest BCUT2D eigenvalue weighted by molar-refractivity contribution is 0.0734. The maximum absolute atomic E-state index is 12.4. The minimum Gasteiger partial charge on any atom is -0.423 e. The predicted molar refractivity (Wildman–Crippen MR) is 116 cm³/mol. The molecule has 29 heavy (non-hydrogen) atoms. The van der Waals surface area contributed by atoms with Crippen molar-refractivity contribution in [3.05, 3.63) is 107 Å². The van der Waals surface area contributed by atoms with Gasteiger partial charge in [-0.1, -0.05) is 81.4 Å². The first-order valence-corrected chi connectivity index (χ1v) is 9.53. The molecular weight excluding hydrogens is 360 g/mol. The normalized spacial score (nSPS) is 11.4. The third kappa shape index (κ3) is 5.52. The van der Waals surface area contributed by atoms with Gasteiger partial charge >= 0.3 is 5.97 Å². The van der Waals surface area contributed by atoms with Crippen molar-refractivity contribution >= 4 is 17.8 Å². The standard InChI is InChI=1S/C26H24O3/c1-26(2,3)22-15-13-21(14-16-22)25(28)29-23-11-7-8-19(18-23)12-17-24(27)20-9-5-4-6-10-20/h4-18H,1-3H3/b17-12+. The zero-order valence-electron chi connectivity index (χ0n) is 16.9. The second-order valence-corrected chi connectivity index (χ2v) is 7.85. The highest BCUT2D eigenvalue weighted by Crippen LogP contribution is 2.23. The van der Waals surface area contributed by atoms with Crippen LogP contribution in [0.2, 0.25) is 0 Å². The van der Waals surface area contributed by atoms with Crippen LogP contribution in [-0.4, -0.2) is 11.8 Å². The summed E-state index contributed by atoms with van der Waals surface area (Å²) in [6.07, 6.45) is 3.23. The molecule has 3 nitrogen and oxygen atoms in total. The summed E-state index contributed by atoms with van der Waals surface area (Å²) >= 11 is 0. The molecule has 3 rings (SSSR count). The van der Waals surface area contributed by atoms with Crippen LogP contribution in [-0.2, 0) is 5.41 Å². The van der Waals surface area contributed by atoms with E-state index in [2.05, 4.69) is 20.8 Å². The van der Waals surface area contributed by atoms with Crippen LogP contribution in [0.5, 0.6) is 5.75 Å². The van der Waals surface area contributed by atoms with Crippen molar-refractivity contribution < 1.29 is 14.3 Å². The molecule has 0 radical (unpaired) electrons. The van der Waals surface area contributed by atoms with Crippen LogP contribution >= 0.6 is 0 Å². The molecule has 0 aliphatic heterocycles. The van der Waals surface area contributed by atoms with Crippen LogP contribution < -0.4 is 4.74 Å². The largest absolute Gasteiger partial charge is 0.423 e. The molecule has 0 saturated carbocycles. The first-order chi connectivity index (χ1) is 13.8. The second-order valence-electron chi connectivity index (χ2n) is 7.85. The number of rotatable bonds is 5. The Labute approximate surface area is 171 Å². The number of allylic oxidation sites excluding steroid dienone is 1. The summed E-state index contributed by atoms with van der Waals surface area (Å²) in [4.78, 5) is 24.6.